The average Bonchev–Trinajstić information content (AvgIpc) is 3.15. The molecule has 1 saturated heterocycles. The molecule has 3 heterocycles. The number of hydrogen-bond acceptors (Lipinski definition) is 4. The van der Waals surface area contributed by atoms with E-state index in [2.05, 4.69) is 10.3 Å². The number of nitrogens with zero attached hydrogens (tertiary/aromatic N) is 3. The Balaban J connectivity index is 1.74. The quantitative estimate of drug-likeness (QED) is 0.563. The standard InChI is InChI=1S/C20H13FN4O3/c21-13-3-5-14(6-4-13)24-11-1-2-16(24)12-17-18(26)23-20(28)25(19(17)27)15-7-9-22-10-8-15/h1-12H,(H,23,26,28)/b17-12+. The minimum atomic E-state index is -0.827. The van der Waals surface area contributed by atoms with Crippen molar-refractivity contribution in [1.82, 2.24) is 14.9 Å². The maximum atomic E-state index is 13.2. The van der Waals surface area contributed by atoms with E-state index in [1.807, 2.05) is 0 Å². The summed E-state index contributed by atoms with van der Waals surface area (Å²) in [4.78, 5) is 42.1. The van der Waals surface area contributed by atoms with Crippen LogP contribution >= 0.6 is 0 Å². The lowest BCUT2D eigenvalue weighted by molar-refractivity contribution is -0.122. The van der Waals surface area contributed by atoms with Crippen molar-refractivity contribution in [1.29, 1.82) is 0 Å². The minimum absolute atomic E-state index is 0.196. The van der Waals surface area contributed by atoms with Crippen molar-refractivity contribution >= 4 is 29.6 Å². The largest absolute Gasteiger partial charge is 0.335 e. The Morgan fingerprint density at radius 2 is 1.64 bits per heavy atom. The number of anilines is 1. The van der Waals surface area contributed by atoms with Gasteiger partial charge < -0.3 is 4.57 Å². The molecule has 3 aromatic rings. The first-order chi connectivity index (χ1) is 13.5. The topological polar surface area (TPSA) is 84.3 Å². The minimum Gasteiger partial charge on any atom is -0.317 e. The van der Waals surface area contributed by atoms with Gasteiger partial charge in [0.2, 0.25) is 0 Å². The lowest BCUT2D eigenvalue weighted by Gasteiger charge is -2.26. The molecule has 1 fully saturated rings. The lowest BCUT2D eigenvalue weighted by atomic mass is 10.1. The number of hydrogen-bond donors (Lipinski definition) is 1. The number of rotatable bonds is 3. The molecule has 4 rings (SSSR count). The fourth-order valence-electron chi connectivity index (χ4n) is 2.88. The van der Waals surface area contributed by atoms with Gasteiger partial charge in [-0.25, -0.2) is 14.1 Å². The summed E-state index contributed by atoms with van der Waals surface area (Å²) in [5, 5.41) is 2.17. The van der Waals surface area contributed by atoms with Crippen molar-refractivity contribution in [2.45, 2.75) is 0 Å². The molecule has 28 heavy (non-hydrogen) atoms. The number of amides is 4. The average molecular weight is 376 g/mol. The van der Waals surface area contributed by atoms with Gasteiger partial charge in [0, 0.05) is 30.0 Å². The van der Waals surface area contributed by atoms with Gasteiger partial charge >= 0.3 is 6.03 Å². The smallest absolute Gasteiger partial charge is 0.317 e. The Kier molecular flexibility index (Phi) is 4.29. The van der Waals surface area contributed by atoms with Gasteiger partial charge in [0.15, 0.2) is 0 Å². The molecular formula is C20H13FN4O3. The molecule has 0 radical (unpaired) electrons. The van der Waals surface area contributed by atoms with Gasteiger partial charge in [-0.1, -0.05) is 0 Å². The van der Waals surface area contributed by atoms with Crippen molar-refractivity contribution in [2.75, 3.05) is 4.90 Å². The van der Waals surface area contributed by atoms with E-state index in [0.29, 0.717) is 17.1 Å². The van der Waals surface area contributed by atoms with Crippen molar-refractivity contribution in [3.8, 4) is 5.69 Å². The first kappa shape index (κ1) is 17.3. The number of halogens is 1. The lowest BCUT2D eigenvalue weighted by Crippen LogP contribution is -2.54. The second-order valence-electron chi connectivity index (χ2n) is 5.94. The molecule has 4 amide bonds. The van der Waals surface area contributed by atoms with Gasteiger partial charge in [-0.15, -0.1) is 0 Å². The van der Waals surface area contributed by atoms with Crippen LogP contribution in [0, 0.1) is 5.82 Å². The van der Waals surface area contributed by atoms with Crippen LogP contribution in [0.15, 0.2) is 72.7 Å². The van der Waals surface area contributed by atoms with Crippen LogP contribution in [0.3, 0.4) is 0 Å². The van der Waals surface area contributed by atoms with Crippen LogP contribution in [0.25, 0.3) is 11.8 Å². The summed E-state index contributed by atoms with van der Waals surface area (Å²) >= 11 is 0. The molecule has 8 heteroatoms. The maximum Gasteiger partial charge on any atom is 0.335 e. The number of pyridine rings is 1. The zero-order valence-corrected chi connectivity index (χ0v) is 14.4. The summed E-state index contributed by atoms with van der Waals surface area (Å²) in [6.45, 7) is 0. The van der Waals surface area contributed by atoms with Gasteiger partial charge in [0.05, 0.1) is 5.69 Å². The van der Waals surface area contributed by atoms with Crippen LogP contribution in [-0.4, -0.2) is 27.4 Å². The predicted molar refractivity (Wildman–Crippen MR) is 99.0 cm³/mol. The summed E-state index contributed by atoms with van der Waals surface area (Å²) < 4.78 is 14.9. The van der Waals surface area contributed by atoms with E-state index in [4.69, 9.17) is 0 Å². The molecular weight excluding hydrogens is 363 g/mol. The molecule has 138 valence electrons. The van der Waals surface area contributed by atoms with Crippen molar-refractivity contribution < 1.29 is 18.8 Å². The fourth-order valence-corrected chi connectivity index (χ4v) is 2.88. The monoisotopic (exact) mass is 376 g/mol. The van der Waals surface area contributed by atoms with E-state index < -0.39 is 17.8 Å². The highest BCUT2D eigenvalue weighted by Crippen LogP contribution is 2.22. The van der Waals surface area contributed by atoms with Gasteiger partial charge in [-0.2, -0.15) is 0 Å². The van der Waals surface area contributed by atoms with Crippen LogP contribution in [-0.2, 0) is 9.59 Å². The third-order valence-electron chi connectivity index (χ3n) is 4.20. The third-order valence-corrected chi connectivity index (χ3v) is 4.20. The molecule has 1 aliphatic rings. The number of carbonyl (C=O) groups is 3. The Labute approximate surface area is 158 Å². The number of imide groups is 2. The molecule has 0 unspecified atom stereocenters. The van der Waals surface area contributed by atoms with Crippen molar-refractivity contribution in [3.05, 3.63) is 84.2 Å². The molecule has 0 spiro atoms. The second kappa shape index (κ2) is 6.92. The summed E-state index contributed by atoms with van der Waals surface area (Å²) in [5.41, 5.74) is 1.28. The SMILES string of the molecule is O=C1NC(=O)N(c2ccncc2)C(=O)/C1=C/c1cccn1-c1ccc(F)cc1. The third kappa shape index (κ3) is 3.07. The molecule has 1 aliphatic heterocycles. The molecule has 0 aliphatic carbocycles. The van der Waals surface area contributed by atoms with E-state index in [1.165, 1.54) is 42.7 Å². The highest BCUT2D eigenvalue weighted by molar-refractivity contribution is 6.39. The fraction of sp³-hybridized carbons (Fsp3) is 0. The highest BCUT2D eigenvalue weighted by Gasteiger charge is 2.36. The van der Waals surface area contributed by atoms with E-state index in [9.17, 15) is 18.8 Å². The van der Waals surface area contributed by atoms with Crippen LogP contribution in [0.4, 0.5) is 14.9 Å². The summed E-state index contributed by atoms with van der Waals surface area (Å²) in [7, 11) is 0. The van der Waals surface area contributed by atoms with Gasteiger partial charge in [-0.05, 0) is 54.6 Å². The number of barbiturate groups is 1. The summed E-state index contributed by atoms with van der Waals surface area (Å²) in [6.07, 6.45) is 5.99. The normalized spacial score (nSPS) is 15.8. The van der Waals surface area contributed by atoms with Gasteiger partial charge in [-0.3, -0.25) is 19.9 Å². The Hall–Kier alpha value is -4.07. The van der Waals surface area contributed by atoms with Crippen LogP contribution in [0.1, 0.15) is 5.69 Å². The number of urea groups is 1. The van der Waals surface area contributed by atoms with E-state index in [-0.39, 0.29) is 11.4 Å². The molecule has 7 nitrogen and oxygen atoms in total. The molecule has 1 aromatic carbocycles. The van der Waals surface area contributed by atoms with Crippen LogP contribution in [0.2, 0.25) is 0 Å². The first-order valence-electron chi connectivity index (χ1n) is 8.29. The Bertz CT molecular complexity index is 1100. The van der Waals surface area contributed by atoms with E-state index in [0.717, 1.165) is 4.90 Å². The van der Waals surface area contributed by atoms with Crippen molar-refractivity contribution in [2.24, 2.45) is 0 Å². The highest BCUT2D eigenvalue weighted by atomic mass is 19.1. The molecule has 2 aromatic heterocycles. The summed E-state index contributed by atoms with van der Waals surface area (Å²) in [5.74, 6) is -1.90. The molecule has 0 bridgehead atoms. The molecule has 0 saturated carbocycles. The van der Waals surface area contributed by atoms with Crippen molar-refractivity contribution in [3.63, 3.8) is 0 Å². The first-order valence-corrected chi connectivity index (χ1v) is 8.29. The van der Waals surface area contributed by atoms with E-state index >= 15 is 0 Å². The number of benzene rings is 1. The Morgan fingerprint density at radius 3 is 2.36 bits per heavy atom. The number of carbonyl (C=O) groups excluding carboxylic acids is 3. The van der Waals surface area contributed by atoms with Crippen LogP contribution < -0.4 is 10.2 Å². The maximum absolute atomic E-state index is 13.2. The van der Waals surface area contributed by atoms with Gasteiger partial charge in [0.25, 0.3) is 11.8 Å². The Morgan fingerprint density at radius 1 is 0.929 bits per heavy atom. The predicted octanol–water partition coefficient (Wildman–Crippen LogP) is 2.68. The zero-order chi connectivity index (χ0) is 19.7. The van der Waals surface area contributed by atoms with E-state index in [1.54, 1.807) is 35.0 Å². The summed E-state index contributed by atoms with van der Waals surface area (Å²) in [6, 6.07) is 11.4. The molecule has 0 atom stereocenters. The molecule has 1 N–H and O–H groups in total. The van der Waals surface area contributed by atoms with Gasteiger partial charge in [0.1, 0.15) is 11.4 Å². The second-order valence-corrected chi connectivity index (χ2v) is 5.94. The number of nitrogens with one attached hydrogen (secondary N) is 1. The number of aromatic nitrogens is 2. The van der Waals surface area contributed by atoms with Crippen LogP contribution in [0.5, 0.6) is 0 Å². The zero-order valence-electron chi connectivity index (χ0n) is 14.4.